The van der Waals surface area contributed by atoms with Crippen LogP contribution in [0.15, 0.2) is 11.6 Å². The van der Waals surface area contributed by atoms with Crippen molar-refractivity contribution in [1.29, 1.82) is 0 Å². The molecule has 2 aliphatic rings. The van der Waals surface area contributed by atoms with Gasteiger partial charge in [0.2, 0.25) is 0 Å². The number of allylic oxidation sites excluding steroid dienone is 2. The third kappa shape index (κ3) is 4.85. The first kappa shape index (κ1) is 20.0. The highest BCUT2D eigenvalue weighted by atomic mass is 16.3. The minimum Gasteiger partial charge on any atom is -0.392 e. The highest BCUT2D eigenvalue weighted by molar-refractivity contribution is 5.15. The van der Waals surface area contributed by atoms with Gasteiger partial charge in [-0.2, -0.15) is 0 Å². The normalized spacial score (nSPS) is 34.3. The highest BCUT2D eigenvalue weighted by Gasteiger charge is 2.35. The van der Waals surface area contributed by atoms with Crippen molar-refractivity contribution in [2.75, 3.05) is 0 Å². The van der Waals surface area contributed by atoms with Gasteiger partial charge in [-0.1, -0.05) is 52.7 Å². The number of rotatable bonds is 6. The summed E-state index contributed by atoms with van der Waals surface area (Å²) in [7, 11) is 0. The predicted octanol–water partition coefficient (Wildman–Crippen LogP) is 5.17. The van der Waals surface area contributed by atoms with E-state index in [1.165, 1.54) is 32.1 Å². The molecule has 0 amide bonds. The Kier molecular flexibility index (Phi) is 7.37. The van der Waals surface area contributed by atoms with E-state index in [2.05, 4.69) is 46.0 Å². The summed E-state index contributed by atoms with van der Waals surface area (Å²) >= 11 is 0. The Hall–Kier alpha value is -0.340. The fourth-order valence-corrected chi connectivity index (χ4v) is 5.21. The van der Waals surface area contributed by atoms with Crippen molar-refractivity contribution in [3.8, 4) is 0 Å². The maximum Gasteiger partial charge on any atom is 0.0665 e. The van der Waals surface area contributed by atoms with Gasteiger partial charge in [-0.3, -0.25) is 0 Å². The molecule has 2 heteroatoms. The topological polar surface area (TPSA) is 32.3 Å². The van der Waals surface area contributed by atoms with E-state index in [0.29, 0.717) is 23.9 Å². The third-order valence-corrected chi connectivity index (χ3v) is 6.70. The Balaban J connectivity index is 2.07. The summed E-state index contributed by atoms with van der Waals surface area (Å²) < 4.78 is 0. The lowest BCUT2D eigenvalue weighted by atomic mass is 9.66. The van der Waals surface area contributed by atoms with Gasteiger partial charge >= 0.3 is 0 Å². The van der Waals surface area contributed by atoms with Crippen LogP contribution in [0.2, 0.25) is 0 Å². The maximum atomic E-state index is 9.96. The minimum absolute atomic E-state index is 0.232. The van der Waals surface area contributed by atoms with E-state index in [-0.39, 0.29) is 6.10 Å². The number of hydrogen-bond donors (Lipinski definition) is 2. The smallest absolute Gasteiger partial charge is 0.0665 e. The highest BCUT2D eigenvalue weighted by Crippen LogP contribution is 2.43. The van der Waals surface area contributed by atoms with E-state index in [1.807, 2.05) is 6.92 Å². The number of hydrogen-bond acceptors (Lipinski definition) is 2. The van der Waals surface area contributed by atoms with E-state index >= 15 is 0 Å². The molecule has 1 saturated heterocycles. The number of aliphatic hydroxyl groups is 1. The third-order valence-electron chi connectivity index (χ3n) is 6.70. The van der Waals surface area contributed by atoms with E-state index in [1.54, 1.807) is 5.57 Å². The summed E-state index contributed by atoms with van der Waals surface area (Å²) in [5.41, 5.74) is 1.72. The summed E-state index contributed by atoms with van der Waals surface area (Å²) in [6, 6.07) is 0.861. The Morgan fingerprint density at radius 3 is 2.29 bits per heavy atom. The van der Waals surface area contributed by atoms with Crippen LogP contribution in [-0.2, 0) is 0 Å². The van der Waals surface area contributed by atoms with Crippen LogP contribution in [0.25, 0.3) is 0 Å². The molecule has 0 spiro atoms. The van der Waals surface area contributed by atoms with Crippen LogP contribution < -0.4 is 5.32 Å². The lowest BCUT2D eigenvalue weighted by Gasteiger charge is -2.42. The molecular weight excluding hydrogens is 294 g/mol. The molecule has 0 saturated carbocycles. The van der Waals surface area contributed by atoms with Crippen molar-refractivity contribution in [2.45, 2.75) is 98.3 Å². The standard InChI is InChI=1S/C22H41NO/c1-14(2)18-9-7-10-19(15(3)4)20(18)13-16(5)21-11-8-12-22(23-21)17(6)24/h9,14-17,19-24H,7-8,10-13H2,1-6H3. The molecule has 2 nitrogen and oxygen atoms in total. The molecule has 0 aromatic rings. The first-order chi connectivity index (χ1) is 11.3. The largest absolute Gasteiger partial charge is 0.392 e. The Morgan fingerprint density at radius 2 is 1.71 bits per heavy atom. The second kappa shape index (κ2) is 8.85. The van der Waals surface area contributed by atoms with Crippen molar-refractivity contribution in [3.63, 3.8) is 0 Å². The van der Waals surface area contributed by atoms with E-state index in [9.17, 15) is 5.11 Å². The molecule has 0 aromatic heterocycles. The monoisotopic (exact) mass is 335 g/mol. The molecule has 1 heterocycles. The summed E-state index contributed by atoms with van der Waals surface area (Å²) in [6.45, 7) is 13.9. The van der Waals surface area contributed by atoms with Gasteiger partial charge in [0, 0.05) is 12.1 Å². The minimum atomic E-state index is -0.232. The molecule has 0 aromatic carbocycles. The lowest BCUT2D eigenvalue weighted by molar-refractivity contribution is 0.0994. The quantitative estimate of drug-likeness (QED) is 0.656. The molecule has 2 rings (SSSR count). The first-order valence-electron chi connectivity index (χ1n) is 10.4. The maximum absolute atomic E-state index is 9.96. The number of nitrogens with one attached hydrogen (secondary N) is 1. The Labute approximate surface area is 150 Å². The molecule has 2 N–H and O–H groups in total. The molecule has 1 aliphatic heterocycles. The van der Waals surface area contributed by atoms with Crippen LogP contribution in [0.5, 0.6) is 0 Å². The number of aliphatic hydroxyl groups excluding tert-OH is 1. The van der Waals surface area contributed by atoms with Crippen LogP contribution >= 0.6 is 0 Å². The van der Waals surface area contributed by atoms with Crippen LogP contribution in [0.1, 0.15) is 80.1 Å². The Morgan fingerprint density at radius 1 is 1.04 bits per heavy atom. The van der Waals surface area contributed by atoms with Crippen LogP contribution in [0.3, 0.4) is 0 Å². The molecule has 0 radical (unpaired) electrons. The van der Waals surface area contributed by atoms with Crippen LogP contribution in [-0.4, -0.2) is 23.3 Å². The van der Waals surface area contributed by atoms with Gasteiger partial charge in [0.05, 0.1) is 6.10 Å². The summed E-state index contributed by atoms with van der Waals surface area (Å²) in [5, 5.41) is 13.7. The van der Waals surface area contributed by atoms with Gasteiger partial charge in [0.1, 0.15) is 0 Å². The second-order valence-electron chi connectivity index (χ2n) is 9.21. The summed E-state index contributed by atoms with van der Waals surface area (Å²) in [4.78, 5) is 0. The molecule has 6 atom stereocenters. The van der Waals surface area contributed by atoms with E-state index < -0.39 is 0 Å². The molecular formula is C22H41NO. The van der Waals surface area contributed by atoms with E-state index in [0.717, 1.165) is 24.2 Å². The van der Waals surface area contributed by atoms with Gasteiger partial charge in [-0.15, -0.1) is 0 Å². The van der Waals surface area contributed by atoms with Gasteiger partial charge < -0.3 is 10.4 Å². The van der Waals surface area contributed by atoms with Crippen molar-refractivity contribution in [3.05, 3.63) is 11.6 Å². The number of piperidine rings is 1. The van der Waals surface area contributed by atoms with Crippen molar-refractivity contribution >= 4 is 0 Å². The molecule has 6 unspecified atom stereocenters. The zero-order valence-corrected chi connectivity index (χ0v) is 16.9. The van der Waals surface area contributed by atoms with Gasteiger partial charge in [0.25, 0.3) is 0 Å². The van der Waals surface area contributed by atoms with Crippen LogP contribution in [0, 0.1) is 29.6 Å². The SMILES string of the molecule is CC(C)C1=CCCC(C(C)C)C1CC(C)C1CCCC(C(C)O)N1. The van der Waals surface area contributed by atoms with Crippen molar-refractivity contribution in [1.82, 2.24) is 5.32 Å². The molecule has 0 bridgehead atoms. The molecule has 1 aliphatic carbocycles. The lowest BCUT2D eigenvalue weighted by Crippen LogP contribution is -2.50. The zero-order valence-electron chi connectivity index (χ0n) is 16.9. The average Bonchev–Trinajstić information content (AvgIpc) is 2.54. The summed E-state index contributed by atoms with van der Waals surface area (Å²) in [6.07, 6.45) is 9.89. The first-order valence-corrected chi connectivity index (χ1v) is 10.4. The average molecular weight is 336 g/mol. The predicted molar refractivity (Wildman–Crippen MR) is 104 cm³/mol. The van der Waals surface area contributed by atoms with E-state index in [4.69, 9.17) is 0 Å². The fraction of sp³-hybridized carbons (Fsp3) is 0.909. The second-order valence-corrected chi connectivity index (χ2v) is 9.21. The van der Waals surface area contributed by atoms with Gasteiger partial charge in [-0.05, 0) is 68.6 Å². The molecule has 1 fully saturated rings. The summed E-state index contributed by atoms with van der Waals surface area (Å²) in [5.74, 6) is 3.72. The fourth-order valence-electron chi connectivity index (χ4n) is 5.21. The van der Waals surface area contributed by atoms with Crippen molar-refractivity contribution < 1.29 is 5.11 Å². The molecule has 140 valence electrons. The Bertz CT molecular complexity index is 412. The molecule has 24 heavy (non-hydrogen) atoms. The van der Waals surface area contributed by atoms with Crippen molar-refractivity contribution in [2.24, 2.45) is 29.6 Å². The van der Waals surface area contributed by atoms with Crippen LogP contribution in [0.4, 0.5) is 0 Å². The zero-order chi connectivity index (χ0) is 17.9. The van der Waals surface area contributed by atoms with Gasteiger partial charge in [0.15, 0.2) is 0 Å². The van der Waals surface area contributed by atoms with Gasteiger partial charge in [-0.25, -0.2) is 0 Å².